The van der Waals surface area contributed by atoms with Crippen LogP contribution < -0.4 is 0 Å². The Bertz CT molecular complexity index is 334. The summed E-state index contributed by atoms with van der Waals surface area (Å²) in [6, 6.07) is 0. The van der Waals surface area contributed by atoms with Crippen molar-refractivity contribution in [1.82, 2.24) is 0 Å². The molecule has 1 aliphatic heterocycles. The van der Waals surface area contributed by atoms with E-state index in [9.17, 15) is 9.59 Å². The Hall–Kier alpha value is -1.06. The second-order valence-electron chi connectivity index (χ2n) is 5.61. The Labute approximate surface area is 103 Å². The Morgan fingerprint density at radius 1 is 1.47 bits per heavy atom. The molecule has 1 fully saturated rings. The lowest BCUT2D eigenvalue weighted by atomic mass is 9.86. The van der Waals surface area contributed by atoms with E-state index >= 15 is 0 Å². The van der Waals surface area contributed by atoms with E-state index in [0.29, 0.717) is 6.42 Å². The maximum atomic E-state index is 12.1. The van der Waals surface area contributed by atoms with Crippen LogP contribution in [0.1, 0.15) is 48.0 Å². The van der Waals surface area contributed by atoms with E-state index in [0.717, 1.165) is 0 Å². The third-order valence-corrected chi connectivity index (χ3v) is 4.06. The number of carbonyl (C=O) groups is 2. The van der Waals surface area contributed by atoms with Gasteiger partial charge in [0, 0.05) is 0 Å². The number of ether oxygens (including phenoxy) is 2. The molecular weight excluding hydrogens is 220 g/mol. The van der Waals surface area contributed by atoms with Crippen molar-refractivity contribution in [3.8, 4) is 0 Å². The summed E-state index contributed by atoms with van der Waals surface area (Å²) in [4.78, 5) is 23.6. The lowest BCUT2D eigenvalue weighted by molar-refractivity contribution is -0.176. The number of carbonyl (C=O) groups excluding carboxylic acids is 2. The van der Waals surface area contributed by atoms with Gasteiger partial charge >= 0.3 is 11.9 Å². The van der Waals surface area contributed by atoms with Crippen molar-refractivity contribution < 1.29 is 19.1 Å². The van der Waals surface area contributed by atoms with Crippen LogP contribution in [0.25, 0.3) is 0 Å². The molecule has 0 amide bonds. The van der Waals surface area contributed by atoms with Gasteiger partial charge in [0.25, 0.3) is 0 Å². The maximum Gasteiger partial charge on any atom is 0.313 e. The number of hydrogen-bond acceptors (Lipinski definition) is 4. The standard InChI is InChI=1S/C13H22O4/c1-7-12(4,5)11(15)17-13(6)8(2)10(14)16-9(13)3/h8-9H,7H2,1-6H3/t8?,9?,13-/m0/s1. The second kappa shape index (κ2) is 4.31. The van der Waals surface area contributed by atoms with Crippen LogP contribution in [-0.4, -0.2) is 23.6 Å². The molecule has 0 bridgehead atoms. The van der Waals surface area contributed by atoms with Gasteiger partial charge in [-0.3, -0.25) is 9.59 Å². The molecule has 1 saturated heterocycles. The summed E-state index contributed by atoms with van der Waals surface area (Å²) in [6.07, 6.45) is 0.293. The molecular formula is C13H22O4. The van der Waals surface area contributed by atoms with Gasteiger partial charge in [0.05, 0.1) is 11.3 Å². The van der Waals surface area contributed by atoms with E-state index in [1.807, 2.05) is 20.8 Å². The predicted octanol–water partition coefficient (Wildman–Crippen LogP) is 2.31. The van der Waals surface area contributed by atoms with E-state index in [2.05, 4.69) is 0 Å². The molecule has 0 aromatic rings. The average molecular weight is 242 g/mol. The van der Waals surface area contributed by atoms with Crippen LogP contribution >= 0.6 is 0 Å². The van der Waals surface area contributed by atoms with Crippen LogP contribution in [0.3, 0.4) is 0 Å². The van der Waals surface area contributed by atoms with E-state index < -0.39 is 23.0 Å². The molecule has 0 N–H and O–H groups in total. The molecule has 4 heteroatoms. The van der Waals surface area contributed by atoms with Crippen molar-refractivity contribution in [2.45, 2.75) is 59.7 Å². The van der Waals surface area contributed by atoms with Gasteiger partial charge < -0.3 is 9.47 Å². The van der Waals surface area contributed by atoms with Crippen molar-refractivity contribution in [3.05, 3.63) is 0 Å². The summed E-state index contributed by atoms with van der Waals surface area (Å²) in [7, 11) is 0. The first kappa shape index (κ1) is 14.0. The molecule has 98 valence electrons. The minimum absolute atomic E-state index is 0.278. The fourth-order valence-corrected chi connectivity index (χ4v) is 1.63. The summed E-state index contributed by atoms with van der Waals surface area (Å²) in [5.74, 6) is -1.00. The van der Waals surface area contributed by atoms with Crippen molar-refractivity contribution in [2.75, 3.05) is 0 Å². The van der Waals surface area contributed by atoms with Gasteiger partial charge in [-0.2, -0.15) is 0 Å². The smallest absolute Gasteiger partial charge is 0.313 e. The highest BCUT2D eigenvalue weighted by atomic mass is 16.6. The fourth-order valence-electron chi connectivity index (χ4n) is 1.63. The SMILES string of the molecule is CCC(C)(C)C(=O)O[C@]1(C)C(C)OC(=O)C1C. The summed E-state index contributed by atoms with van der Waals surface area (Å²) in [5, 5.41) is 0. The lowest BCUT2D eigenvalue weighted by Crippen LogP contribution is -2.46. The third-order valence-electron chi connectivity index (χ3n) is 4.06. The van der Waals surface area contributed by atoms with Crippen LogP contribution in [0.4, 0.5) is 0 Å². The van der Waals surface area contributed by atoms with Crippen LogP contribution in [0.2, 0.25) is 0 Å². The highest BCUT2D eigenvalue weighted by molar-refractivity contribution is 5.80. The quantitative estimate of drug-likeness (QED) is 0.713. The van der Waals surface area contributed by atoms with Gasteiger partial charge in [-0.15, -0.1) is 0 Å². The zero-order valence-corrected chi connectivity index (χ0v) is 11.5. The van der Waals surface area contributed by atoms with Gasteiger partial charge in [0.1, 0.15) is 6.10 Å². The zero-order valence-electron chi connectivity index (χ0n) is 11.5. The third kappa shape index (κ3) is 2.31. The lowest BCUT2D eigenvalue weighted by Gasteiger charge is -2.33. The summed E-state index contributed by atoms with van der Waals surface area (Å²) in [5.41, 5.74) is -1.39. The Morgan fingerprint density at radius 2 is 2.00 bits per heavy atom. The Kier molecular flexibility index (Phi) is 3.55. The molecule has 0 radical (unpaired) electrons. The molecule has 1 rings (SSSR count). The summed E-state index contributed by atoms with van der Waals surface area (Å²) < 4.78 is 10.7. The van der Waals surface area contributed by atoms with Gasteiger partial charge in [-0.05, 0) is 41.0 Å². The minimum Gasteiger partial charge on any atom is -0.458 e. The number of esters is 2. The molecule has 17 heavy (non-hydrogen) atoms. The maximum absolute atomic E-state index is 12.1. The van der Waals surface area contributed by atoms with Crippen molar-refractivity contribution in [1.29, 1.82) is 0 Å². The number of hydrogen-bond donors (Lipinski definition) is 0. The van der Waals surface area contributed by atoms with E-state index in [4.69, 9.17) is 9.47 Å². The monoisotopic (exact) mass is 242 g/mol. The van der Waals surface area contributed by atoms with E-state index in [-0.39, 0.29) is 11.9 Å². The van der Waals surface area contributed by atoms with E-state index in [1.54, 1.807) is 20.8 Å². The fraction of sp³-hybridized carbons (Fsp3) is 0.846. The van der Waals surface area contributed by atoms with Gasteiger partial charge in [-0.25, -0.2) is 0 Å². The van der Waals surface area contributed by atoms with Crippen LogP contribution in [-0.2, 0) is 19.1 Å². The molecule has 2 unspecified atom stereocenters. The van der Waals surface area contributed by atoms with Crippen LogP contribution in [0.5, 0.6) is 0 Å². The molecule has 0 aromatic heterocycles. The molecule has 1 heterocycles. The normalized spacial score (nSPS) is 33.4. The molecule has 3 atom stereocenters. The highest BCUT2D eigenvalue weighted by Gasteiger charge is 2.53. The molecule has 0 aliphatic carbocycles. The van der Waals surface area contributed by atoms with Gasteiger partial charge in [0.15, 0.2) is 5.60 Å². The highest BCUT2D eigenvalue weighted by Crippen LogP contribution is 2.37. The van der Waals surface area contributed by atoms with Crippen molar-refractivity contribution in [3.63, 3.8) is 0 Å². The molecule has 0 spiro atoms. The van der Waals surface area contributed by atoms with E-state index in [1.165, 1.54) is 0 Å². The molecule has 0 saturated carbocycles. The first-order valence-electron chi connectivity index (χ1n) is 6.09. The summed E-state index contributed by atoms with van der Waals surface area (Å²) in [6.45, 7) is 10.9. The van der Waals surface area contributed by atoms with Gasteiger partial charge in [0.2, 0.25) is 0 Å². The molecule has 4 nitrogen and oxygen atoms in total. The van der Waals surface area contributed by atoms with Gasteiger partial charge in [-0.1, -0.05) is 6.92 Å². The Balaban J connectivity index is 2.87. The van der Waals surface area contributed by atoms with Crippen LogP contribution in [0, 0.1) is 11.3 Å². The molecule has 1 aliphatic rings. The van der Waals surface area contributed by atoms with Crippen molar-refractivity contribution in [2.24, 2.45) is 11.3 Å². The Morgan fingerprint density at radius 3 is 2.35 bits per heavy atom. The zero-order chi connectivity index (χ0) is 13.4. The molecule has 0 aromatic carbocycles. The summed E-state index contributed by atoms with van der Waals surface area (Å²) >= 11 is 0. The first-order chi connectivity index (χ1) is 7.65. The first-order valence-corrected chi connectivity index (χ1v) is 6.09. The topological polar surface area (TPSA) is 52.6 Å². The van der Waals surface area contributed by atoms with Crippen LogP contribution in [0.15, 0.2) is 0 Å². The van der Waals surface area contributed by atoms with Crippen molar-refractivity contribution >= 4 is 11.9 Å². The second-order valence-corrected chi connectivity index (χ2v) is 5.61. The largest absolute Gasteiger partial charge is 0.458 e. The minimum atomic E-state index is -0.861. The number of rotatable bonds is 3. The average Bonchev–Trinajstić information content (AvgIpc) is 2.43. The number of cyclic esters (lactones) is 1. The predicted molar refractivity (Wildman–Crippen MR) is 63.3 cm³/mol.